The Labute approximate surface area is 176 Å². The minimum absolute atomic E-state index is 0.00374. The van der Waals surface area contributed by atoms with Gasteiger partial charge in [0.15, 0.2) is 5.82 Å². The van der Waals surface area contributed by atoms with Crippen LogP contribution in [0.15, 0.2) is 42.6 Å². The molecule has 1 amide bonds. The molecule has 0 atom stereocenters. The number of carbonyl (C=O) groups excluding carboxylic acids is 1. The molecule has 0 bridgehead atoms. The first-order valence-corrected chi connectivity index (χ1v) is 10.4. The van der Waals surface area contributed by atoms with Crippen LogP contribution in [0, 0.1) is 0 Å². The minimum Gasteiger partial charge on any atom is -0.490 e. The van der Waals surface area contributed by atoms with Crippen LogP contribution in [-0.4, -0.2) is 39.9 Å². The van der Waals surface area contributed by atoms with Gasteiger partial charge in [-0.25, -0.2) is 0 Å². The number of rotatable bonds is 5. The predicted molar refractivity (Wildman–Crippen MR) is 118 cm³/mol. The molecule has 7 nitrogen and oxygen atoms in total. The molecule has 3 heterocycles. The van der Waals surface area contributed by atoms with Crippen LogP contribution in [-0.2, 0) is 16.8 Å². The van der Waals surface area contributed by atoms with Gasteiger partial charge in [-0.2, -0.15) is 5.10 Å². The number of fused-ring (bicyclic) bond motifs is 1. The molecular weight excluding hydrogens is 378 g/mol. The molecule has 1 aliphatic heterocycles. The predicted octanol–water partition coefficient (Wildman–Crippen LogP) is 3.26. The highest BCUT2D eigenvalue weighted by molar-refractivity contribution is 5.87. The summed E-state index contributed by atoms with van der Waals surface area (Å²) in [5.74, 6) is 1.42. The van der Waals surface area contributed by atoms with E-state index in [4.69, 9.17) is 10.5 Å². The first-order valence-electron chi connectivity index (χ1n) is 10.4. The van der Waals surface area contributed by atoms with Crippen molar-refractivity contribution < 1.29 is 9.53 Å². The molecule has 1 aromatic carbocycles. The molecule has 2 aromatic heterocycles. The highest BCUT2D eigenvalue weighted by Gasteiger charge is 2.23. The van der Waals surface area contributed by atoms with Crippen LogP contribution in [0.25, 0.3) is 10.9 Å². The Hall–Kier alpha value is -3.09. The number of piperidine rings is 1. The fourth-order valence-corrected chi connectivity index (χ4v) is 3.88. The van der Waals surface area contributed by atoms with E-state index in [1.807, 2.05) is 35.0 Å². The maximum absolute atomic E-state index is 11.3. The number of nitrogens with two attached hydrogens (primary N) is 1. The van der Waals surface area contributed by atoms with Gasteiger partial charge in [0, 0.05) is 42.9 Å². The Kier molecular flexibility index (Phi) is 5.37. The number of hydrogen-bond acceptors (Lipinski definition) is 5. The molecule has 30 heavy (non-hydrogen) atoms. The van der Waals surface area contributed by atoms with Crippen molar-refractivity contribution in [2.45, 2.75) is 51.7 Å². The summed E-state index contributed by atoms with van der Waals surface area (Å²) >= 11 is 0. The van der Waals surface area contributed by atoms with Crippen molar-refractivity contribution in [3.63, 3.8) is 0 Å². The molecule has 3 aromatic rings. The van der Waals surface area contributed by atoms with E-state index in [1.54, 1.807) is 0 Å². The average Bonchev–Trinajstić information content (AvgIpc) is 3.11. The van der Waals surface area contributed by atoms with Gasteiger partial charge in [-0.3, -0.25) is 4.79 Å². The zero-order chi connectivity index (χ0) is 21.3. The third kappa shape index (κ3) is 4.25. The standard InChI is InChI=1S/C23H29N5O2/c1-23(2,3)20-7-8-22(26-25-20)27-12-9-16(10-13-27)30-19-6-4-5-18-17(19)11-14-28(18)15-21(24)29/h4-8,11,14,16H,9-10,12-13,15H2,1-3H3,(H2,24,29). The van der Waals surface area contributed by atoms with Gasteiger partial charge in [-0.1, -0.05) is 26.8 Å². The van der Waals surface area contributed by atoms with Gasteiger partial charge in [0.1, 0.15) is 18.4 Å². The zero-order valence-corrected chi connectivity index (χ0v) is 17.8. The number of amides is 1. The van der Waals surface area contributed by atoms with Crippen LogP contribution in [0.4, 0.5) is 5.82 Å². The molecular formula is C23H29N5O2. The van der Waals surface area contributed by atoms with E-state index in [9.17, 15) is 4.79 Å². The quantitative estimate of drug-likeness (QED) is 0.702. The van der Waals surface area contributed by atoms with E-state index < -0.39 is 0 Å². The molecule has 2 N–H and O–H groups in total. The normalized spacial score (nSPS) is 15.5. The number of carbonyl (C=O) groups is 1. The van der Waals surface area contributed by atoms with E-state index in [0.29, 0.717) is 0 Å². The molecule has 1 saturated heterocycles. The molecule has 158 valence electrons. The van der Waals surface area contributed by atoms with Gasteiger partial charge in [0.25, 0.3) is 0 Å². The van der Waals surface area contributed by atoms with Crippen molar-refractivity contribution in [1.29, 1.82) is 0 Å². The number of benzene rings is 1. The monoisotopic (exact) mass is 407 g/mol. The summed E-state index contributed by atoms with van der Waals surface area (Å²) in [6, 6.07) is 12.0. The minimum atomic E-state index is -0.357. The lowest BCUT2D eigenvalue weighted by molar-refractivity contribution is -0.118. The second-order valence-electron chi connectivity index (χ2n) is 8.93. The maximum Gasteiger partial charge on any atom is 0.237 e. The molecule has 0 saturated carbocycles. The van der Waals surface area contributed by atoms with Crippen molar-refractivity contribution in [1.82, 2.24) is 14.8 Å². The SMILES string of the molecule is CC(C)(C)c1ccc(N2CCC(Oc3cccc4c3ccn4CC(N)=O)CC2)nn1. The topological polar surface area (TPSA) is 86.3 Å². The first kappa shape index (κ1) is 20.2. The van der Waals surface area contributed by atoms with Crippen LogP contribution in [0.5, 0.6) is 5.75 Å². The summed E-state index contributed by atoms with van der Waals surface area (Å²) in [5.41, 5.74) is 7.31. The summed E-state index contributed by atoms with van der Waals surface area (Å²) < 4.78 is 8.20. The summed E-state index contributed by atoms with van der Waals surface area (Å²) in [5, 5.41) is 9.85. The Balaban J connectivity index is 1.40. The first-order chi connectivity index (χ1) is 14.3. The van der Waals surface area contributed by atoms with Gasteiger partial charge in [-0.15, -0.1) is 5.10 Å². The highest BCUT2D eigenvalue weighted by atomic mass is 16.5. The molecule has 0 spiro atoms. The van der Waals surface area contributed by atoms with Gasteiger partial charge in [-0.05, 0) is 30.3 Å². The second-order valence-corrected chi connectivity index (χ2v) is 8.93. The highest BCUT2D eigenvalue weighted by Crippen LogP contribution is 2.30. The summed E-state index contributed by atoms with van der Waals surface area (Å²) in [6.45, 7) is 8.35. The lowest BCUT2D eigenvalue weighted by Gasteiger charge is -2.33. The fourth-order valence-electron chi connectivity index (χ4n) is 3.88. The van der Waals surface area contributed by atoms with Crippen molar-refractivity contribution in [2.75, 3.05) is 18.0 Å². The third-order valence-corrected chi connectivity index (χ3v) is 5.58. The Morgan fingerprint density at radius 1 is 1.13 bits per heavy atom. The van der Waals surface area contributed by atoms with Gasteiger partial charge < -0.3 is 19.9 Å². The van der Waals surface area contributed by atoms with Crippen molar-refractivity contribution in [2.24, 2.45) is 5.73 Å². The zero-order valence-electron chi connectivity index (χ0n) is 17.8. The third-order valence-electron chi connectivity index (χ3n) is 5.58. The van der Waals surface area contributed by atoms with Crippen LogP contribution < -0.4 is 15.4 Å². The lowest BCUT2D eigenvalue weighted by Crippen LogP contribution is -2.38. The van der Waals surface area contributed by atoms with Gasteiger partial charge in [0.2, 0.25) is 5.91 Å². The van der Waals surface area contributed by atoms with Crippen LogP contribution in [0.3, 0.4) is 0 Å². The Morgan fingerprint density at radius 3 is 2.53 bits per heavy atom. The average molecular weight is 408 g/mol. The molecule has 1 fully saturated rings. The Morgan fingerprint density at radius 2 is 1.90 bits per heavy atom. The van der Waals surface area contributed by atoms with Crippen molar-refractivity contribution >= 4 is 22.6 Å². The van der Waals surface area contributed by atoms with Gasteiger partial charge >= 0.3 is 0 Å². The second kappa shape index (κ2) is 7.97. The molecule has 4 rings (SSSR count). The molecule has 7 heteroatoms. The van der Waals surface area contributed by atoms with E-state index >= 15 is 0 Å². The number of anilines is 1. The van der Waals surface area contributed by atoms with E-state index in [0.717, 1.165) is 54.1 Å². The smallest absolute Gasteiger partial charge is 0.237 e. The van der Waals surface area contributed by atoms with Crippen molar-refractivity contribution in [3.05, 3.63) is 48.3 Å². The van der Waals surface area contributed by atoms with Crippen molar-refractivity contribution in [3.8, 4) is 5.75 Å². The lowest BCUT2D eigenvalue weighted by atomic mass is 9.92. The number of ether oxygens (including phenoxy) is 1. The number of nitrogens with zero attached hydrogens (tertiary/aromatic N) is 4. The number of primary amides is 1. The van der Waals surface area contributed by atoms with E-state index in [1.165, 1.54) is 0 Å². The molecule has 0 radical (unpaired) electrons. The summed E-state index contributed by atoms with van der Waals surface area (Å²) in [4.78, 5) is 13.6. The number of hydrogen-bond donors (Lipinski definition) is 1. The molecule has 0 unspecified atom stereocenters. The fraction of sp³-hybridized carbons (Fsp3) is 0.435. The van der Waals surface area contributed by atoms with E-state index in [2.05, 4.69) is 48.0 Å². The van der Waals surface area contributed by atoms with Crippen LogP contribution in [0.2, 0.25) is 0 Å². The summed E-state index contributed by atoms with van der Waals surface area (Å²) in [6.07, 6.45) is 3.86. The molecule has 1 aliphatic rings. The largest absolute Gasteiger partial charge is 0.490 e. The maximum atomic E-state index is 11.3. The number of aromatic nitrogens is 3. The van der Waals surface area contributed by atoms with Gasteiger partial charge in [0.05, 0.1) is 11.2 Å². The summed E-state index contributed by atoms with van der Waals surface area (Å²) in [7, 11) is 0. The van der Waals surface area contributed by atoms with Crippen LogP contribution in [0.1, 0.15) is 39.3 Å². The van der Waals surface area contributed by atoms with Crippen LogP contribution >= 0.6 is 0 Å². The Bertz CT molecular complexity index is 1030. The molecule has 0 aliphatic carbocycles. The van der Waals surface area contributed by atoms with E-state index in [-0.39, 0.29) is 24.0 Å².